The maximum Gasteiger partial charge on any atom is 0.147 e. The van der Waals surface area contributed by atoms with Gasteiger partial charge in [-0.05, 0) is 18.6 Å². The third-order valence-corrected chi connectivity index (χ3v) is 2.87. The molecule has 0 unspecified atom stereocenters. The van der Waals surface area contributed by atoms with Gasteiger partial charge in [0.05, 0.1) is 5.69 Å². The summed E-state index contributed by atoms with van der Waals surface area (Å²) in [4.78, 5) is 0. The molecule has 1 aromatic carbocycles. The van der Waals surface area contributed by atoms with Crippen LogP contribution in [-0.2, 0) is 0 Å². The molecule has 13 heavy (non-hydrogen) atoms. The van der Waals surface area contributed by atoms with Gasteiger partial charge in [-0.1, -0.05) is 12.1 Å². The summed E-state index contributed by atoms with van der Waals surface area (Å²) in [5.41, 5.74) is 0.666. The van der Waals surface area contributed by atoms with Crippen LogP contribution in [-0.4, -0.2) is 13.1 Å². The number of hydrogen-bond acceptors (Lipinski definition) is 3. The smallest absolute Gasteiger partial charge is 0.147 e. The molecule has 0 atom stereocenters. The van der Waals surface area contributed by atoms with Gasteiger partial charge in [-0.15, -0.1) is 0 Å². The second-order valence-electron chi connectivity index (χ2n) is 2.89. The molecule has 0 radical (unpaired) electrons. The van der Waals surface area contributed by atoms with Gasteiger partial charge in [-0.2, -0.15) is 0 Å². The van der Waals surface area contributed by atoms with Crippen LogP contribution in [0.1, 0.15) is 6.42 Å². The zero-order chi connectivity index (χ0) is 9.10. The Morgan fingerprint density at radius 1 is 1.38 bits per heavy atom. The van der Waals surface area contributed by atoms with Gasteiger partial charge in [0, 0.05) is 25.2 Å². The molecule has 4 heteroatoms. The summed E-state index contributed by atoms with van der Waals surface area (Å²) >= 11 is 1.47. The number of hydrogen-bond donors (Lipinski definition) is 1. The average Bonchev–Trinajstić information content (AvgIpc) is 2.20. The first-order valence-electron chi connectivity index (χ1n) is 4.30. The summed E-state index contributed by atoms with van der Waals surface area (Å²) in [6.45, 7) is 1.90. The lowest BCUT2D eigenvalue weighted by Crippen LogP contribution is -2.30. The molecule has 0 amide bonds. The van der Waals surface area contributed by atoms with Crippen molar-refractivity contribution in [2.24, 2.45) is 0 Å². The Balaban J connectivity index is 2.18. The van der Waals surface area contributed by atoms with E-state index in [4.69, 9.17) is 0 Å². The Kier molecular flexibility index (Phi) is 2.71. The molecule has 0 aromatic heterocycles. The molecule has 0 saturated carbocycles. The summed E-state index contributed by atoms with van der Waals surface area (Å²) in [5, 5.41) is 0. The van der Waals surface area contributed by atoms with Gasteiger partial charge in [0.1, 0.15) is 5.82 Å². The molecule has 70 valence electrons. The van der Waals surface area contributed by atoms with E-state index in [9.17, 15) is 4.39 Å². The van der Waals surface area contributed by atoms with E-state index in [0.717, 1.165) is 19.5 Å². The highest BCUT2D eigenvalue weighted by molar-refractivity contribution is 7.98. The van der Waals surface area contributed by atoms with Crippen LogP contribution >= 0.6 is 12.1 Å². The number of nitrogens with zero attached hydrogens (tertiary/aromatic N) is 1. The molecule has 1 aromatic rings. The average molecular weight is 198 g/mol. The summed E-state index contributed by atoms with van der Waals surface area (Å²) in [5.74, 6) is -0.154. The van der Waals surface area contributed by atoms with Crippen molar-refractivity contribution in [3.63, 3.8) is 0 Å². The van der Waals surface area contributed by atoms with Gasteiger partial charge in [0.15, 0.2) is 0 Å². The van der Waals surface area contributed by atoms with Gasteiger partial charge < -0.3 is 4.31 Å². The highest BCUT2D eigenvalue weighted by atomic mass is 32.2. The zero-order valence-electron chi connectivity index (χ0n) is 7.16. The predicted molar refractivity (Wildman–Crippen MR) is 54.0 cm³/mol. The molecule has 0 aliphatic carbocycles. The number of para-hydroxylation sites is 1. The van der Waals surface area contributed by atoms with Crippen molar-refractivity contribution in [2.45, 2.75) is 6.42 Å². The van der Waals surface area contributed by atoms with Gasteiger partial charge in [0.2, 0.25) is 0 Å². The number of benzene rings is 1. The zero-order valence-corrected chi connectivity index (χ0v) is 7.98. The van der Waals surface area contributed by atoms with E-state index in [0.29, 0.717) is 5.69 Å². The number of anilines is 1. The quantitative estimate of drug-likeness (QED) is 0.696. The van der Waals surface area contributed by atoms with E-state index in [1.54, 1.807) is 12.1 Å². The van der Waals surface area contributed by atoms with Crippen LogP contribution in [0.3, 0.4) is 0 Å². The topological polar surface area (TPSA) is 15.3 Å². The van der Waals surface area contributed by atoms with Gasteiger partial charge in [-0.3, -0.25) is 0 Å². The molecular weight excluding hydrogens is 187 g/mol. The van der Waals surface area contributed by atoms with Crippen LogP contribution in [0.25, 0.3) is 0 Å². The van der Waals surface area contributed by atoms with Crippen LogP contribution in [0, 0.1) is 5.82 Å². The second kappa shape index (κ2) is 3.98. The lowest BCUT2D eigenvalue weighted by Gasteiger charge is -2.27. The van der Waals surface area contributed by atoms with Gasteiger partial charge in [0.25, 0.3) is 0 Å². The van der Waals surface area contributed by atoms with Crippen LogP contribution < -0.4 is 9.03 Å². The van der Waals surface area contributed by atoms with E-state index in [-0.39, 0.29) is 5.82 Å². The number of nitrogens with one attached hydrogen (secondary N) is 1. The summed E-state index contributed by atoms with van der Waals surface area (Å²) in [7, 11) is 0. The molecule has 2 rings (SSSR count). The Hall–Kier alpha value is -0.740. The summed E-state index contributed by atoms with van der Waals surface area (Å²) < 4.78 is 18.4. The number of rotatable bonds is 1. The molecule has 1 N–H and O–H groups in total. The van der Waals surface area contributed by atoms with Crippen molar-refractivity contribution in [1.82, 2.24) is 4.72 Å². The van der Waals surface area contributed by atoms with Gasteiger partial charge >= 0.3 is 0 Å². The summed E-state index contributed by atoms with van der Waals surface area (Å²) in [6, 6.07) is 6.86. The lowest BCUT2D eigenvalue weighted by molar-refractivity contribution is 0.624. The maximum atomic E-state index is 13.3. The second-order valence-corrected chi connectivity index (χ2v) is 3.80. The van der Waals surface area contributed by atoms with Crippen molar-refractivity contribution in [3.05, 3.63) is 30.1 Å². The lowest BCUT2D eigenvalue weighted by atomic mass is 10.3. The SMILES string of the molecule is Fc1ccccc1N1CCCNS1. The molecule has 1 heterocycles. The molecule has 1 aliphatic heterocycles. The molecule has 1 fully saturated rings. The van der Waals surface area contributed by atoms with Crippen molar-refractivity contribution in [2.75, 3.05) is 17.4 Å². The fourth-order valence-electron chi connectivity index (χ4n) is 1.29. The Morgan fingerprint density at radius 3 is 2.92 bits per heavy atom. The van der Waals surface area contributed by atoms with E-state index in [2.05, 4.69) is 4.72 Å². The fourth-order valence-corrected chi connectivity index (χ4v) is 2.15. The van der Waals surface area contributed by atoms with Crippen LogP contribution in [0.2, 0.25) is 0 Å². The van der Waals surface area contributed by atoms with E-state index in [1.165, 1.54) is 18.2 Å². The number of halogens is 1. The molecule has 1 aliphatic rings. The first-order chi connectivity index (χ1) is 6.38. The minimum Gasteiger partial charge on any atom is -0.300 e. The minimum atomic E-state index is -0.154. The molecule has 0 spiro atoms. The Morgan fingerprint density at radius 2 is 2.23 bits per heavy atom. The standard InChI is InChI=1S/C9H11FN2S/c10-8-4-1-2-5-9(8)12-7-3-6-11-13-12/h1-2,4-5,11H,3,6-7H2. The Labute approximate surface area is 81.4 Å². The minimum absolute atomic E-state index is 0.154. The highest BCUT2D eigenvalue weighted by Gasteiger charge is 2.14. The van der Waals surface area contributed by atoms with Crippen molar-refractivity contribution < 1.29 is 4.39 Å². The van der Waals surface area contributed by atoms with E-state index < -0.39 is 0 Å². The monoisotopic (exact) mass is 198 g/mol. The van der Waals surface area contributed by atoms with Crippen molar-refractivity contribution >= 4 is 17.8 Å². The van der Waals surface area contributed by atoms with Crippen molar-refractivity contribution in [1.29, 1.82) is 0 Å². The fraction of sp³-hybridized carbons (Fsp3) is 0.333. The summed E-state index contributed by atoms with van der Waals surface area (Å²) in [6.07, 6.45) is 1.06. The Bertz CT molecular complexity index is 287. The molecule has 1 saturated heterocycles. The third-order valence-electron chi connectivity index (χ3n) is 1.94. The predicted octanol–water partition coefficient (Wildman–Crippen LogP) is 2.19. The normalized spacial score (nSPS) is 17.5. The van der Waals surface area contributed by atoms with Crippen molar-refractivity contribution in [3.8, 4) is 0 Å². The maximum absolute atomic E-state index is 13.3. The van der Waals surface area contributed by atoms with E-state index in [1.807, 2.05) is 10.4 Å². The molecular formula is C9H11FN2S. The largest absolute Gasteiger partial charge is 0.300 e. The van der Waals surface area contributed by atoms with Crippen LogP contribution in [0.15, 0.2) is 24.3 Å². The van der Waals surface area contributed by atoms with Gasteiger partial charge in [-0.25, -0.2) is 9.11 Å². The molecule has 2 nitrogen and oxygen atoms in total. The van der Waals surface area contributed by atoms with Crippen LogP contribution in [0.5, 0.6) is 0 Å². The third kappa shape index (κ3) is 1.95. The molecule has 0 bridgehead atoms. The first kappa shape index (κ1) is 8.84. The van der Waals surface area contributed by atoms with Crippen LogP contribution in [0.4, 0.5) is 10.1 Å². The first-order valence-corrected chi connectivity index (χ1v) is 5.07. The van der Waals surface area contributed by atoms with E-state index >= 15 is 0 Å². The highest BCUT2D eigenvalue weighted by Crippen LogP contribution is 2.25.